The van der Waals surface area contributed by atoms with Crippen molar-refractivity contribution in [3.63, 3.8) is 0 Å². The normalized spacial score (nSPS) is 11.3. The first-order chi connectivity index (χ1) is 7.83. The molecule has 0 fully saturated rings. The van der Waals surface area contributed by atoms with Crippen LogP contribution in [0.3, 0.4) is 0 Å². The molecule has 0 heterocycles. The standard InChI is InChI=1S/C12H15BrClNOS/c1-12(2,11(15)17)5-6-16-10-4-3-8(13)7-9(10)14/h3-4,7H,5-6H2,1-2H3,(H2,15,17). The first-order valence-corrected chi connectivity index (χ1v) is 6.78. The lowest BCUT2D eigenvalue weighted by atomic mass is 9.90. The molecule has 17 heavy (non-hydrogen) atoms. The molecule has 0 amide bonds. The van der Waals surface area contributed by atoms with Crippen molar-refractivity contribution in [2.24, 2.45) is 11.1 Å². The highest BCUT2D eigenvalue weighted by Crippen LogP contribution is 2.29. The Balaban J connectivity index is 2.54. The second-order valence-corrected chi connectivity index (χ2v) is 6.18. The molecule has 0 aliphatic heterocycles. The van der Waals surface area contributed by atoms with Crippen LogP contribution in [-0.2, 0) is 0 Å². The molecule has 1 aromatic carbocycles. The molecular formula is C12H15BrClNOS. The fourth-order valence-electron chi connectivity index (χ4n) is 1.13. The van der Waals surface area contributed by atoms with Crippen molar-refractivity contribution in [2.75, 3.05) is 6.61 Å². The maximum atomic E-state index is 6.04. The minimum absolute atomic E-state index is 0.197. The molecule has 0 atom stereocenters. The highest BCUT2D eigenvalue weighted by atomic mass is 79.9. The van der Waals surface area contributed by atoms with Gasteiger partial charge in [-0.3, -0.25) is 0 Å². The predicted molar refractivity (Wildman–Crippen MR) is 79.8 cm³/mol. The van der Waals surface area contributed by atoms with Crippen molar-refractivity contribution in [3.8, 4) is 5.75 Å². The second kappa shape index (κ2) is 6.03. The van der Waals surface area contributed by atoms with Crippen LogP contribution in [0.4, 0.5) is 0 Å². The maximum absolute atomic E-state index is 6.04. The average Bonchev–Trinajstić information content (AvgIpc) is 2.21. The van der Waals surface area contributed by atoms with Gasteiger partial charge in [-0.2, -0.15) is 0 Å². The first-order valence-electron chi connectivity index (χ1n) is 5.21. The molecule has 0 aliphatic rings. The molecule has 0 aromatic heterocycles. The third-order valence-electron chi connectivity index (χ3n) is 2.55. The van der Waals surface area contributed by atoms with Gasteiger partial charge in [0.2, 0.25) is 0 Å². The lowest BCUT2D eigenvalue weighted by molar-refractivity contribution is 0.270. The summed E-state index contributed by atoms with van der Waals surface area (Å²) < 4.78 is 6.54. The van der Waals surface area contributed by atoms with E-state index in [1.54, 1.807) is 6.07 Å². The smallest absolute Gasteiger partial charge is 0.137 e. The highest BCUT2D eigenvalue weighted by molar-refractivity contribution is 9.10. The SMILES string of the molecule is CC(C)(CCOc1ccc(Br)cc1Cl)C(N)=S. The Morgan fingerprint density at radius 1 is 1.53 bits per heavy atom. The molecule has 2 N–H and O–H groups in total. The van der Waals surface area contributed by atoms with Gasteiger partial charge in [0.25, 0.3) is 0 Å². The van der Waals surface area contributed by atoms with E-state index in [1.807, 2.05) is 26.0 Å². The molecule has 1 rings (SSSR count). The minimum Gasteiger partial charge on any atom is -0.492 e. The van der Waals surface area contributed by atoms with E-state index in [0.29, 0.717) is 22.4 Å². The monoisotopic (exact) mass is 335 g/mol. The Morgan fingerprint density at radius 3 is 2.71 bits per heavy atom. The van der Waals surface area contributed by atoms with Crippen LogP contribution in [-0.4, -0.2) is 11.6 Å². The summed E-state index contributed by atoms with van der Waals surface area (Å²) in [4.78, 5) is 0.503. The zero-order valence-electron chi connectivity index (χ0n) is 9.80. The zero-order valence-corrected chi connectivity index (χ0v) is 13.0. The zero-order chi connectivity index (χ0) is 13.1. The van der Waals surface area contributed by atoms with Crippen LogP contribution in [0.15, 0.2) is 22.7 Å². The van der Waals surface area contributed by atoms with Gasteiger partial charge in [0, 0.05) is 9.89 Å². The number of nitrogens with two attached hydrogens (primary N) is 1. The van der Waals surface area contributed by atoms with Gasteiger partial charge < -0.3 is 10.5 Å². The van der Waals surface area contributed by atoms with Crippen molar-refractivity contribution in [3.05, 3.63) is 27.7 Å². The molecule has 0 spiro atoms. The largest absolute Gasteiger partial charge is 0.492 e. The summed E-state index contributed by atoms with van der Waals surface area (Å²) in [6.07, 6.45) is 0.759. The number of benzene rings is 1. The van der Waals surface area contributed by atoms with E-state index in [9.17, 15) is 0 Å². The van der Waals surface area contributed by atoms with Gasteiger partial charge in [0.15, 0.2) is 0 Å². The van der Waals surface area contributed by atoms with Gasteiger partial charge >= 0.3 is 0 Å². The molecule has 0 saturated heterocycles. The summed E-state index contributed by atoms with van der Waals surface area (Å²) in [6.45, 7) is 4.54. The first kappa shape index (κ1) is 14.7. The maximum Gasteiger partial charge on any atom is 0.137 e. The van der Waals surface area contributed by atoms with Crippen LogP contribution in [0.25, 0.3) is 0 Å². The summed E-state index contributed by atoms with van der Waals surface area (Å²) in [5.74, 6) is 0.675. The van der Waals surface area contributed by atoms with Gasteiger partial charge in [-0.1, -0.05) is 53.6 Å². The Labute approximate surface area is 121 Å². The fraction of sp³-hybridized carbons (Fsp3) is 0.417. The lowest BCUT2D eigenvalue weighted by Gasteiger charge is -2.22. The van der Waals surface area contributed by atoms with Gasteiger partial charge in [0.1, 0.15) is 5.75 Å². The van der Waals surface area contributed by atoms with Crippen molar-refractivity contribution >= 4 is 44.7 Å². The van der Waals surface area contributed by atoms with Gasteiger partial charge in [0.05, 0.1) is 16.6 Å². The molecule has 0 unspecified atom stereocenters. The molecule has 5 heteroatoms. The Morgan fingerprint density at radius 2 is 2.18 bits per heavy atom. The average molecular weight is 337 g/mol. The Hall–Kier alpha value is -0.320. The second-order valence-electron chi connectivity index (χ2n) is 4.42. The van der Waals surface area contributed by atoms with E-state index in [2.05, 4.69) is 15.9 Å². The molecule has 1 aromatic rings. The van der Waals surface area contributed by atoms with Gasteiger partial charge in [-0.05, 0) is 24.6 Å². The molecule has 0 radical (unpaired) electrons. The third-order valence-corrected chi connectivity index (χ3v) is 3.89. The van der Waals surface area contributed by atoms with E-state index in [4.69, 9.17) is 34.3 Å². The summed E-state index contributed by atoms with van der Waals surface area (Å²) in [5, 5.41) is 0.590. The van der Waals surface area contributed by atoms with E-state index in [1.165, 1.54) is 0 Å². The molecule has 2 nitrogen and oxygen atoms in total. The number of hydrogen-bond acceptors (Lipinski definition) is 2. The number of ether oxygens (including phenoxy) is 1. The van der Waals surface area contributed by atoms with Crippen molar-refractivity contribution in [2.45, 2.75) is 20.3 Å². The summed E-state index contributed by atoms with van der Waals surface area (Å²) in [5.41, 5.74) is 5.45. The number of halogens is 2. The van der Waals surface area contributed by atoms with E-state index in [0.717, 1.165) is 10.9 Å². The van der Waals surface area contributed by atoms with Crippen molar-refractivity contribution in [1.29, 1.82) is 0 Å². The number of hydrogen-bond donors (Lipinski definition) is 1. The van der Waals surface area contributed by atoms with Crippen LogP contribution < -0.4 is 10.5 Å². The summed E-state index contributed by atoms with van der Waals surface area (Å²) in [6, 6.07) is 5.52. The van der Waals surface area contributed by atoms with Crippen molar-refractivity contribution < 1.29 is 4.74 Å². The van der Waals surface area contributed by atoms with Crippen LogP contribution >= 0.6 is 39.7 Å². The van der Waals surface area contributed by atoms with Gasteiger partial charge in [-0.25, -0.2) is 0 Å². The van der Waals surface area contributed by atoms with E-state index in [-0.39, 0.29) is 5.41 Å². The summed E-state index contributed by atoms with van der Waals surface area (Å²) in [7, 11) is 0. The lowest BCUT2D eigenvalue weighted by Crippen LogP contribution is -2.31. The van der Waals surface area contributed by atoms with E-state index < -0.39 is 0 Å². The molecule has 0 aliphatic carbocycles. The number of rotatable bonds is 5. The molecule has 0 bridgehead atoms. The fourth-order valence-corrected chi connectivity index (χ4v) is 1.96. The van der Waals surface area contributed by atoms with Crippen molar-refractivity contribution in [1.82, 2.24) is 0 Å². The third kappa shape index (κ3) is 4.45. The molecular weight excluding hydrogens is 322 g/mol. The quantitative estimate of drug-likeness (QED) is 0.819. The Bertz CT molecular complexity index is 423. The van der Waals surface area contributed by atoms with Crippen LogP contribution in [0.1, 0.15) is 20.3 Å². The highest BCUT2D eigenvalue weighted by Gasteiger charge is 2.21. The molecule has 0 saturated carbocycles. The van der Waals surface area contributed by atoms with Crippen LogP contribution in [0.2, 0.25) is 5.02 Å². The van der Waals surface area contributed by atoms with Crippen LogP contribution in [0, 0.1) is 5.41 Å². The topological polar surface area (TPSA) is 35.2 Å². The Kier molecular flexibility index (Phi) is 5.22. The minimum atomic E-state index is -0.197. The molecule has 94 valence electrons. The summed E-state index contributed by atoms with van der Waals surface area (Å²) >= 11 is 14.4. The number of thiocarbonyl (C=S) groups is 1. The van der Waals surface area contributed by atoms with Gasteiger partial charge in [-0.15, -0.1) is 0 Å². The van der Waals surface area contributed by atoms with Crippen LogP contribution in [0.5, 0.6) is 5.75 Å². The predicted octanol–water partition coefficient (Wildman–Crippen LogP) is 4.18. The van der Waals surface area contributed by atoms with E-state index >= 15 is 0 Å².